The van der Waals surface area contributed by atoms with Gasteiger partial charge in [0.2, 0.25) is 11.8 Å². The number of aliphatic hydroxyl groups is 2. The van der Waals surface area contributed by atoms with Gasteiger partial charge in [-0.1, -0.05) is 40.0 Å². The van der Waals surface area contributed by atoms with Crippen molar-refractivity contribution < 1.29 is 38.8 Å². The molecule has 1 aromatic carbocycles. The minimum Gasteiger partial charge on any atom is -0.493 e. The van der Waals surface area contributed by atoms with Crippen molar-refractivity contribution >= 4 is 40.7 Å². The van der Waals surface area contributed by atoms with E-state index in [1.807, 2.05) is 22.6 Å². The number of rotatable bonds is 13. The molecule has 3 aliphatic rings. The zero-order valence-electron chi connectivity index (χ0n) is 26.9. The van der Waals surface area contributed by atoms with Crippen molar-refractivity contribution in [1.82, 2.24) is 10.2 Å². The summed E-state index contributed by atoms with van der Waals surface area (Å²) in [6.07, 6.45) is 7.02. The van der Waals surface area contributed by atoms with Crippen LogP contribution in [0.2, 0.25) is 0 Å². The Morgan fingerprint density at radius 2 is 1.91 bits per heavy atom. The second kappa shape index (κ2) is 16.6. The first-order valence-corrected chi connectivity index (χ1v) is 17.4. The number of halogens is 1. The maximum absolute atomic E-state index is 14.2. The minimum atomic E-state index is -1.16. The number of amides is 2. The molecule has 0 bridgehead atoms. The minimum absolute atomic E-state index is 0.000849. The summed E-state index contributed by atoms with van der Waals surface area (Å²) in [5, 5.41) is 23.9. The van der Waals surface area contributed by atoms with Crippen LogP contribution in [0.15, 0.2) is 23.8 Å². The van der Waals surface area contributed by atoms with Gasteiger partial charge in [0.15, 0.2) is 11.5 Å². The van der Waals surface area contributed by atoms with E-state index in [-0.39, 0.29) is 44.2 Å². The predicted octanol–water partition coefficient (Wildman–Crippen LogP) is 4.28. The van der Waals surface area contributed by atoms with Gasteiger partial charge in [0, 0.05) is 30.1 Å². The highest BCUT2D eigenvalue weighted by molar-refractivity contribution is 14.1. The number of benzene rings is 1. The second-order valence-corrected chi connectivity index (χ2v) is 14.2. The molecule has 11 heteroatoms. The largest absolute Gasteiger partial charge is 0.493 e. The Labute approximate surface area is 280 Å². The topological polar surface area (TPSA) is 135 Å². The van der Waals surface area contributed by atoms with Gasteiger partial charge in [0.25, 0.3) is 0 Å². The third-order valence-corrected chi connectivity index (χ3v) is 10.4. The second-order valence-electron chi connectivity index (χ2n) is 13.1. The van der Waals surface area contributed by atoms with Gasteiger partial charge in [0.05, 0.1) is 29.4 Å². The zero-order chi connectivity index (χ0) is 32.7. The molecule has 3 aliphatic carbocycles. The lowest BCUT2D eigenvalue weighted by Crippen LogP contribution is -2.58. The Kier molecular flexibility index (Phi) is 13.1. The van der Waals surface area contributed by atoms with Gasteiger partial charge in [-0.05, 0) is 84.2 Å². The molecule has 2 amide bonds. The fraction of sp³-hybridized carbons (Fsp3) is 0.676. The van der Waals surface area contributed by atoms with Crippen LogP contribution in [-0.2, 0) is 14.3 Å². The van der Waals surface area contributed by atoms with Crippen LogP contribution in [0.25, 0.3) is 0 Å². The molecule has 2 saturated carbocycles. The van der Waals surface area contributed by atoms with E-state index >= 15 is 0 Å². The third kappa shape index (κ3) is 8.78. The molecule has 3 N–H and O–H groups in total. The van der Waals surface area contributed by atoms with Crippen molar-refractivity contribution in [3.63, 3.8) is 0 Å². The number of aliphatic hydroxyl groups excluding tert-OH is 2. The highest BCUT2D eigenvalue weighted by atomic mass is 127. The van der Waals surface area contributed by atoms with Crippen molar-refractivity contribution in [3.8, 4) is 11.5 Å². The van der Waals surface area contributed by atoms with Crippen LogP contribution in [0, 0.1) is 21.3 Å². The van der Waals surface area contributed by atoms with Crippen LogP contribution >= 0.6 is 22.6 Å². The zero-order valence-corrected chi connectivity index (χ0v) is 29.0. The summed E-state index contributed by atoms with van der Waals surface area (Å²) in [6, 6.07) is 2.38. The Bertz CT molecular complexity index is 1220. The first-order chi connectivity index (χ1) is 21.6. The lowest BCUT2D eigenvalue weighted by Gasteiger charge is -2.44. The Hall–Kier alpha value is -2.22. The molecule has 250 valence electrons. The van der Waals surface area contributed by atoms with Crippen molar-refractivity contribution in [2.75, 3.05) is 26.9 Å². The number of aldehydes is 1. The van der Waals surface area contributed by atoms with E-state index in [1.54, 1.807) is 23.1 Å². The van der Waals surface area contributed by atoms with Gasteiger partial charge >= 0.3 is 0 Å². The van der Waals surface area contributed by atoms with E-state index in [9.17, 15) is 24.6 Å². The smallest absolute Gasteiger partial charge is 0.249 e. The molecule has 6 unspecified atom stereocenters. The number of carbonyl (C=O) groups excluding carboxylic acids is 3. The number of carbonyl (C=O) groups is 3. The molecule has 10 nitrogen and oxygen atoms in total. The maximum atomic E-state index is 14.2. The summed E-state index contributed by atoms with van der Waals surface area (Å²) in [5.74, 6) is 1.44. The quantitative estimate of drug-likeness (QED) is 0.202. The Balaban J connectivity index is 1.64. The fourth-order valence-electron chi connectivity index (χ4n) is 7.21. The van der Waals surface area contributed by atoms with Crippen molar-refractivity contribution in [2.24, 2.45) is 17.8 Å². The number of nitrogens with zero attached hydrogens (tertiary/aromatic N) is 1. The molecule has 0 saturated heterocycles. The molecule has 0 radical (unpaired) electrons. The summed E-state index contributed by atoms with van der Waals surface area (Å²) in [6.45, 7) is 6.42. The molecule has 2 fully saturated rings. The van der Waals surface area contributed by atoms with Crippen LogP contribution in [0.1, 0.15) is 82.5 Å². The first-order valence-electron chi connectivity index (χ1n) is 16.3. The maximum Gasteiger partial charge on any atom is 0.249 e. The highest BCUT2D eigenvalue weighted by Crippen LogP contribution is 2.39. The number of nitrogens with one attached hydrogen (secondary N) is 1. The number of hydrogen-bond acceptors (Lipinski definition) is 8. The van der Waals surface area contributed by atoms with Gasteiger partial charge in [0.1, 0.15) is 25.1 Å². The summed E-state index contributed by atoms with van der Waals surface area (Å²) in [5.41, 5.74) is 0.773. The van der Waals surface area contributed by atoms with Gasteiger partial charge in [-0.15, -0.1) is 0 Å². The van der Waals surface area contributed by atoms with Crippen LogP contribution in [0.5, 0.6) is 11.5 Å². The molecule has 0 spiro atoms. The lowest BCUT2D eigenvalue weighted by molar-refractivity contribution is -0.151. The van der Waals surface area contributed by atoms with Gasteiger partial charge in [-0.3, -0.25) is 14.4 Å². The molecule has 6 atom stereocenters. The van der Waals surface area contributed by atoms with E-state index < -0.39 is 24.2 Å². The number of methoxy groups -OCH3 is 1. The van der Waals surface area contributed by atoms with E-state index in [0.29, 0.717) is 50.2 Å². The highest BCUT2D eigenvalue weighted by Gasteiger charge is 2.44. The van der Waals surface area contributed by atoms with Crippen LogP contribution in [-0.4, -0.2) is 90.5 Å². The number of ether oxygens (including phenoxy) is 3. The number of hydrogen-bond donors (Lipinski definition) is 3. The van der Waals surface area contributed by atoms with E-state index in [1.165, 1.54) is 7.11 Å². The molecule has 0 heterocycles. The predicted molar refractivity (Wildman–Crippen MR) is 178 cm³/mol. The summed E-state index contributed by atoms with van der Waals surface area (Å²) >= 11 is 2.04. The molecule has 0 aromatic heterocycles. The van der Waals surface area contributed by atoms with Gasteiger partial charge in [-0.2, -0.15) is 0 Å². The molecular weight excluding hydrogens is 691 g/mol. The molecule has 1 aromatic rings. The standard InChI is InChI=1S/C34H49IN2O8/c1-20(2)25-10-9-21(3)13-28(25)44-19-31(40)37(24-7-5-6-8-24)27-16-23(34(42)36-11-12-38)17-29(32(27)41)45-33-26(35)14-22(18-39)15-30(33)43-4/h14-15,17-18,20-21,24-25,27-29,32,38,41H,5-13,16,19H2,1-4H3,(H,36,42). The Morgan fingerprint density at radius 3 is 2.56 bits per heavy atom. The van der Waals surface area contributed by atoms with Crippen molar-refractivity contribution in [1.29, 1.82) is 0 Å². The van der Waals surface area contributed by atoms with Crippen LogP contribution in [0.4, 0.5) is 0 Å². The average molecular weight is 741 g/mol. The summed E-state index contributed by atoms with van der Waals surface area (Å²) < 4.78 is 18.9. The lowest BCUT2D eigenvalue weighted by atomic mass is 9.75. The summed E-state index contributed by atoms with van der Waals surface area (Å²) in [7, 11) is 1.47. The molecule has 0 aliphatic heterocycles. The van der Waals surface area contributed by atoms with E-state index in [0.717, 1.165) is 44.9 Å². The fourth-order valence-corrected chi connectivity index (χ4v) is 7.96. The molecule has 4 rings (SSSR count). The van der Waals surface area contributed by atoms with Crippen molar-refractivity contribution in [2.45, 2.75) is 103 Å². The van der Waals surface area contributed by atoms with Gasteiger partial charge < -0.3 is 34.6 Å². The molecular formula is C34H49IN2O8. The monoisotopic (exact) mass is 740 g/mol. The van der Waals surface area contributed by atoms with E-state index in [4.69, 9.17) is 14.2 Å². The average Bonchev–Trinajstić information content (AvgIpc) is 3.55. The Morgan fingerprint density at radius 1 is 1.18 bits per heavy atom. The SMILES string of the molecule is COc1cc(C=O)cc(I)c1OC1C=C(C(=O)NCCO)CC(N(C(=O)COC2CC(C)CCC2C(C)C)C2CCCC2)C1O. The van der Waals surface area contributed by atoms with E-state index in [2.05, 4.69) is 26.1 Å². The van der Waals surface area contributed by atoms with Crippen LogP contribution in [0.3, 0.4) is 0 Å². The van der Waals surface area contributed by atoms with Crippen LogP contribution < -0.4 is 14.8 Å². The van der Waals surface area contributed by atoms with Gasteiger partial charge in [-0.25, -0.2) is 0 Å². The third-order valence-electron chi connectivity index (χ3n) is 9.60. The normalized spacial score (nSPS) is 27.2. The summed E-state index contributed by atoms with van der Waals surface area (Å²) in [4.78, 5) is 40.6. The molecule has 45 heavy (non-hydrogen) atoms. The van der Waals surface area contributed by atoms with Crippen molar-refractivity contribution in [3.05, 3.63) is 32.9 Å². The first kappa shape index (κ1) is 35.6.